The molecule has 3 rings (SSSR count). The van der Waals surface area contributed by atoms with E-state index < -0.39 is 10.0 Å². The lowest BCUT2D eigenvalue weighted by atomic mass is 9.89. The maximum Gasteiger partial charge on any atom is 0.261 e. The molecule has 1 saturated carbocycles. The van der Waals surface area contributed by atoms with Gasteiger partial charge in [-0.15, -0.1) is 0 Å². The van der Waals surface area contributed by atoms with Crippen molar-refractivity contribution in [1.82, 2.24) is 4.90 Å². The first-order chi connectivity index (χ1) is 13.0. The number of anilines is 1. The first-order valence-electron chi connectivity index (χ1n) is 9.39. The zero-order valence-electron chi connectivity index (χ0n) is 15.6. The maximum atomic E-state index is 12.6. The van der Waals surface area contributed by atoms with Gasteiger partial charge in [0.15, 0.2) is 0 Å². The lowest BCUT2D eigenvalue weighted by molar-refractivity contribution is 0.0760. The summed E-state index contributed by atoms with van der Waals surface area (Å²) in [6.07, 6.45) is 6.14. The summed E-state index contributed by atoms with van der Waals surface area (Å²) in [4.78, 5) is 14.5. The van der Waals surface area contributed by atoms with Gasteiger partial charge in [-0.3, -0.25) is 9.52 Å². The van der Waals surface area contributed by atoms with Gasteiger partial charge in [-0.2, -0.15) is 0 Å². The number of rotatable bonds is 6. The van der Waals surface area contributed by atoms with E-state index in [-0.39, 0.29) is 10.8 Å². The molecule has 0 saturated heterocycles. The van der Waals surface area contributed by atoms with Gasteiger partial charge < -0.3 is 4.90 Å². The lowest BCUT2D eigenvalue weighted by Crippen LogP contribution is -2.32. The van der Waals surface area contributed by atoms with Crippen LogP contribution in [-0.2, 0) is 10.0 Å². The molecule has 1 aliphatic carbocycles. The van der Waals surface area contributed by atoms with Crippen LogP contribution in [0.15, 0.2) is 59.5 Å². The van der Waals surface area contributed by atoms with E-state index in [1.165, 1.54) is 44.2 Å². The van der Waals surface area contributed by atoms with E-state index >= 15 is 0 Å². The maximum absolute atomic E-state index is 12.6. The molecule has 2 aromatic carbocycles. The average molecular weight is 387 g/mol. The van der Waals surface area contributed by atoms with Gasteiger partial charge in [0.25, 0.3) is 15.9 Å². The molecule has 1 amide bonds. The highest BCUT2D eigenvalue weighted by molar-refractivity contribution is 7.92. The lowest BCUT2D eigenvalue weighted by Gasteiger charge is -2.27. The van der Waals surface area contributed by atoms with Crippen LogP contribution < -0.4 is 4.72 Å². The van der Waals surface area contributed by atoms with E-state index in [1.54, 1.807) is 41.3 Å². The number of carbonyl (C=O) groups is 1. The fraction of sp³-hybridized carbons (Fsp3) is 0.381. The SMILES string of the molecule is CN(CC1CCCCC1)C(=O)c1ccc(S(=O)(=O)Nc2ccccc2)cc1. The summed E-state index contributed by atoms with van der Waals surface area (Å²) in [5.41, 5.74) is 1.01. The quantitative estimate of drug-likeness (QED) is 0.811. The minimum atomic E-state index is -3.67. The molecule has 0 heterocycles. The molecule has 0 aliphatic heterocycles. The highest BCUT2D eigenvalue weighted by atomic mass is 32.2. The van der Waals surface area contributed by atoms with Gasteiger partial charge in [0.1, 0.15) is 0 Å². The topological polar surface area (TPSA) is 66.5 Å². The average Bonchev–Trinajstić information content (AvgIpc) is 2.69. The molecule has 5 nitrogen and oxygen atoms in total. The van der Waals surface area contributed by atoms with Crippen LogP contribution in [0.1, 0.15) is 42.5 Å². The minimum absolute atomic E-state index is 0.0689. The third-order valence-corrected chi connectivity index (χ3v) is 6.44. The minimum Gasteiger partial charge on any atom is -0.341 e. The van der Waals surface area contributed by atoms with E-state index in [9.17, 15) is 13.2 Å². The number of hydrogen-bond acceptors (Lipinski definition) is 3. The third-order valence-electron chi connectivity index (χ3n) is 5.04. The summed E-state index contributed by atoms with van der Waals surface area (Å²) >= 11 is 0. The van der Waals surface area contributed by atoms with E-state index in [0.717, 1.165) is 6.54 Å². The van der Waals surface area contributed by atoms with Crippen molar-refractivity contribution < 1.29 is 13.2 Å². The van der Waals surface area contributed by atoms with Crippen molar-refractivity contribution in [2.24, 2.45) is 5.92 Å². The van der Waals surface area contributed by atoms with Crippen molar-refractivity contribution in [3.63, 3.8) is 0 Å². The van der Waals surface area contributed by atoms with Crippen LogP contribution in [0.2, 0.25) is 0 Å². The number of carbonyl (C=O) groups excluding carboxylic acids is 1. The molecule has 0 atom stereocenters. The Morgan fingerprint density at radius 2 is 1.63 bits per heavy atom. The highest BCUT2D eigenvalue weighted by Crippen LogP contribution is 2.24. The highest BCUT2D eigenvalue weighted by Gasteiger charge is 2.20. The van der Waals surface area contributed by atoms with Crippen LogP contribution in [0, 0.1) is 5.92 Å². The Morgan fingerprint density at radius 3 is 2.26 bits per heavy atom. The molecule has 2 aromatic rings. The monoisotopic (exact) mass is 386 g/mol. The molecule has 6 heteroatoms. The Morgan fingerprint density at radius 1 is 1.00 bits per heavy atom. The summed E-state index contributed by atoms with van der Waals surface area (Å²) in [5.74, 6) is 0.503. The zero-order valence-corrected chi connectivity index (χ0v) is 16.4. The Balaban J connectivity index is 1.66. The standard InChI is InChI=1S/C21H26N2O3S/c1-23(16-17-8-4-2-5-9-17)21(24)18-12-14-20(15-13-18)27(25,26)22-19-10-6-3-7-11-19/h3,6-7,10-15,17,22H,2,4-5,8-9,16H2,1H3. The molecule has 27 heavy (non-hydrogen) atoms. The predicted molar refractivity (Wildman–Crippen MR) is 107 cm³/mol. The number of sulfonamides is 1. The van der Waals surface area contributed by atoms with Crippen LogP contribution in [0.25, 0.3) is 0 Å². The number of nitrogens with one attached hydrogen (secondary N) is 1. The Kier molecular flexibility index (Phi) is 6.16. The second kappa shape index (κ2) is 8.57. The van der Waals surface area contributed by atoms with Crippen molar-refractivity contribution >= 4 is 21.6 Å². The second-order valence-corrected chi connectivity index (χ2v) is 8.87. The number of amides is 1. The molecule has 0 radical (unpaired) electrons. The number of para-hydroxylation sites is 1. The first-order valence-corrected chi connectivity index (χ1v) is 10.9. The van der Waals surface area contributed by atoms with Crippen LogP contribution >= 0.6 is 0 Å². The largest absolute Gasteiger partial charge is 0.341 e. The van der Waals surface area contributed by atoms with E-state index in [2.05, 4.69) is 4.72 Å². The smallest absolute Gasteiger partial charge is 0.261 e. The predicted octanol–water partition coefficient (Wildman–Crippen LogP) is 4.14. The third kappa shape index (κ3) is 5.10. The molecule has 1 N–H and O–H groups in total. The van der Waals surface area contributed by atoms with Crippen LogP contribution in [0.4, 0.5) is 5.69 Å². The molecular weight excluding hydrogens is 360 g/mol. The second-order valence-electron chi connectivity index (χ2n) is 7.19. The summed E-state index contributed by atoms with van der Waals surface area (Å²) in [5, 5.41) is 0. The van der Waals surface area contributed by atoms with Crippen molar-refractivity contribution in [1.29, 1.82) is 0 Å². The van der Waals surface area contributed by atoms with E-state index in [4.69, 9.17) is 0 Å². The number of benzene rings is 2. The van der Waals surface area contributed by atoms with Crippen molar-refractivity contribution in [3.8, 4) is 0 Å². The van der Waals surface area contributed by atoms with Gasteiger partial charge in [0.05, 0.1) is 4.90 Å². The van der Waals surface area contributed by atoms with Gasteiger partial charge in [0, 0.05) is 24.8 Å². The molecule has 0 spiro atoms. The Hall–Kier alpha value is -2.34. The Bertz CT molecular complexity index is 858. The zero-order chi connectivity index (χ0) is 19.3. The van der Waals surface area contributed by atoms with E-state index in [0.29, 0.717) is 17.2 Å². The molecular formula is C21H26N2O3S. The fourth-order valence-corrected chi connectivity index (χ4v) is 4.62. The first kappa shape index (κ1) is 19.4. The number of nitrogens with zero attached hydrogens (tertiary/aromatic N) is 1. The fourth-order valence-electron chi connectivity index (χ4n) is 3.56. The number of hydrogen-bond donors (Lipinski definition) is 1. The summed E-state index contributed by atoms with van der Waals surface area (Å²) in [6, 6.07) is 14.9. The molecule has 144 valence electrons. The van der Waals surface area contributed by atoms with Gasteiger partial charge in [-0.05, 0) is 55.2 Å². The van der Waals surface area contributed by atoms with Crippen LogP contribution in [0.3, 0.4) is 0 Å². The summed E-state index contributed by atoms with van der Waals surface area (Å²) in [6.45, 7) is 0.758. The molecule has 0 bridgehead atoms. The van der Waals surface area contributed by atoms with Crippen LogP contribution in [0.5, 0.6) is 0 Å². The summed E-state index contributed by atoms with van der Waals surface area (Å²) in [7, 11) is -1.86. The van der Waals surface area contributed by atoms with Gasteiger partial charge in [-0.25, -0.2) is 8.42 Å². The van der Waals surface area contributed by atoms with Crippen molar-refractivity contribution in [2.75, 3.05) is 18.3 Å². The molecule has 0 unspecified atom stereocenters. The van der Waals surface area contributed by atoms with Gasteiger partial charge >= 0.3 is 0 Å². The Labute approximate surface area is 161 Å². The van der Waals surface area contributed by atoms with E-state index in [1.807, 2.05) is 13.1 Å². The molecule has 1 aliphatic rings. The van der Waals surface area contributed by atoms with Crippen molar-refractivity contribution in [2.45, 2.75) is 37.0 Å². The summed E-state index contributed by atoms with van der Waals surface area (Å²) < 4.78 is 27.5. The molecule has 0 aromatic heterocycles. The van der Waals surface area contributed by atoms with Crippen LogP contribution in [-0.4, -0.2) is 32.8 Å². The molecule has 1 fully saturated rings. The van der Waals surface area contributed by atoms with Gasteiger partial charge in [-0.1, -0.05) is 37.5 Å². The van der Waals surface area contributed by atoms with Crippen molar-refractivity contribution in [3.05, 3.63) is 60.2 Å². The normalized spacial score (nSPS) is 15.3. The van der Waals surface area contributed by atoms with Gasteiger partial charge in [0.2, 0.25) is 0 Å².